The van der Waals surface area contributed by atoms with Gasteiger partial charge in [-0.15, -0.1) is 0 Å². The van der Waals surface area contributed by atoms with E-state index < -0.39 is 0 Å². The van der Waals surface area contributed by atoms with Gasteiger partial charge in [-0.05, 0) is 31.9 Å². The second-order valence-corrected chi connectivity index (χ2v) is 4.51. The maximum absolute atomic E-state index is 13.1. The highest BCUT2D eigenvalue weighted by atomic mass is 19.1. The Bertz CT molecular complexity index is 381. The van der Waals surface area contributed by atoms with Crippen molar-refractivity contribution in [1.82, 2.24) is 10.3 Å². The molecule has 18 heavy (non-hydrogen) atoms. The lowest BCUT2D eigenvalue weighted by Gasteiger charge is -2.22. The molecule has 1 aromatic rings. The summed E-state index contributed by atoms with van der Waals surface area (Å²) in [5.74, 6) is 0.698. The molecule has 5 heteroatoms. The van der Waals surface area contributed by atoms with Gasteiger partial charge in [0.05, 0.1) is 12.8 Å². The first-order valence-electron chi connectivity index (χ1n) is 6.29. The lowest BCUT2D eigenvalue weighted by molar-refractivity contribution is 0.0488. The molecule has 4 nitrogen and oxygen atoms in total. The number of hydrogen-bond acceptors (Lipinski definition) is 4. The third kappa shape index (κ3) is 3.65. The summed E-state index contributed by atoms with van der Waals surface area (Å²) in [4.78, 5) is 4.01. The molecule has 0 spiro atoms. The first-order chi connectivity index (χ1) is 8.79. The molecule has 100 valence electrons. The Morgan fingerprint density at radius 1 is 1.50 bits per heavy atom. The summed E-state index contributed by atoms with van der Waals surface area (Å²) in [7, 11) is 1.81. The minimum atomic E-state index is -0.335. The van der Waals surface area contributed by atoms with Gasteiger partial charge in [0.25, 0.3) is 0 Å². The van der Waals surface area contributed by atoms with E-state index in [4.69, 9.17) is 9.47 Å². The molecule has 0 bridgehead atoms. The van der Waals surface area contributed by atoms with Gasteiger partial charge >= 0.3 is 0 Å². The SMILES string of the molecule is CNCc1cc(F)cnc1OCC1CCOCC1. The van der Waals surface area contributed by atoms with Crippen molar-refractivity contribution in [2.24, 2.45) is 5.92 Å². The van der Waals surface area contributed by atoms with Crippen LogP contribution in [0.2, 0.25) is 0 Å². The molecule has 2 rings (SSSR count). The van der Waals surface area contributed by atoms with Crippen LogP contribution in [0.1, 0.15) is 18.4 Å². The minimum absolute atomic E-state index is 0.335. The van der Waals surface area contributed by atoms with Crippen LogP contribution in [0.3, 0.4) is 0 Å². The molecule has 2 heterocycles. The van der Waals surface area contributed by atoms with E-state index in [0.29, 0.717) is 24.9 Å². The molecule has 0 saturated carbocycles. The van der Waals surface area contributed by atoms with Crippen molar-refractivity contribution >= 4 is 0 Å². The standard InChI is InChI=1S/C13H19FN2O2/c1-15-7-11-6-12(14)8-16-13(11)18-9-10-2-4-17-5-3-10/h6,8,10,15H,2-5,7,9H2,1H3. The predicted octanol–water partition coefficient (Wildman–Crippen LogP) is 1.75. The van der Waals surface area contributed by atoms with Crippen molar-refractivity contribution in [2.45, 2.75) is 19.4 Å². The number of aromatic nitrogens is 1. The second kappa shape index (κ2) is 6.66. The van der Waals surface area contributed by atoms with E-state index in [0.717, 1.165) is 31.6 Å². The highest BCUT2D eigenvalue weighted by molar-refractivity contribution is 5.26. The van der Waals surface area contributed by atoms with Crippen molar-refractivity contribution in [1.29, 1.82) is 0 Å². The first kappa shape index (κ1) is 13.2. The maximum Gasteiger partial charge on any atom is 0.218 e. The number of rotatable bonds is 5. The monoisotopic (exact) mass is 254 g/mol. The molecular formula is C13H19FN2O2. The van der Waals surface area contributed by atoms with Crippen LogP contribution in [0, 0.1) is 11.7 Å². The molecule has 1 saturated heterocycles. The van der Waals surface area contributed by atoms with Gasteiger partial charge in [-0.1, -0.05) is 0 Å². The summed E-state index contributed by atoms with van der Waals surface area (Å²) >= 11 is 0. The smallest absolute Gasteiger partial charge is 0.218 e. The molecule has 0 unspecified atom stereocenters. The van der Waals surface area contributed by atoms with Gasteiger partial charge in [0.1, 0.15) is 5.82 Å². The van der Waals surface area contributed by atoms with Crippen molar-refractivity contribution < 1.29 is 13.9 Å². The van der Waals surface area contributed by atoms with Crippen LogP contribution in [0.4, 0.5) is 4.39 Å². The Morgan fingerprint density at radius 2 is 2.28 bits per heavy atom. The summed E-state index contributed by atoms with van der Waals surface area (Å²) in [5.41, 5.74) is 0.754. The molecule has 1 aliphatic heterocycles. The average Bonchev–Trinajstić information content (AvgIpc) is 2.39. The highest BCUT2D eigenvalue weighted by Crippen LogP contribution is 2.20. The summed E-state index contributed by atoms with van der Waals surface area (Å²) < 4.78 is 24.1. The van der Waals surface area contributed by atoms with Crippen molar-refractivity contribution in [3.8, 4) is 5.88 Å². The van der Waals surface area contributed by atoms with Gasteiger partial charge in [-0.2, -0.15) is 0 Å². The van der Waals surface area contributed by atoms with E-state index >= 15 is 0 Å². The molecular weight excluding hydrogens is 235 g/mol. The Kier molecular flexibility index (Phi) is 4.90. The Hall–Kier alpha value is -1.20. The predicted molar refractivity (Wildman–Crippen MR) is 66.0 cm³/mol. The molecule has 0 aromatic carbocycles. The van der Waals surface area contributed by atoms with Crippen LogP contribution in [0.15, 0.2) is 12.3 Å². The van der Waals surface area contributed by atoms with Gasteiger partial charge in [0.15, 0.2) is 0 Å². The van der Waals surface area contributed by atoms with Gasteiger partial charge in [0.2, 0.25) is 5.88 Å². The van der Waals surface area contributed by atoms with Crippen molar-refractivity contribution in [3.63, 3.8) is 0 Å². The number of pyridine rings is 1. The fourth-order valence-electron chi connectivity index (χ4n) is 2.03. The maximum atomic E-state index is 13.1. The first-order valence-corrected chi connectivity index (χ1v) is 6.29. The number of nitrogens with zero attached hydrogens (tertiary/aromatic N) is 1. The number of ether oxygens (including phenoxy) is 2. The van der Waals surface area contributed by atoms with Crippen LogP contribution in [-0.2, 0) is 11.3 Å². The van der Waals surface area contributed by atoms with Crippen LogP contribution >= 0.6 is 0 Å². The van der Waals surface area contributed by atoms with Gasteiger partial charge in [0, 0.05) is 25.3 Å². The van der Waals surface area contributed by atoms with Gasteiger partial charge < -0.3 is 14.8 Å². The summed E-state index contributed by atoms with van der Waals surface area (Å²) in [6.07, 6.45) is 3.23. The third-order valence-electron chi connectivity index (χ3n) is 3.06. The molecule has 0 aliphatic carbocycles. The topological polar surface area (TPSA) is 43.4 Å². The zero-order valence-electron chi connectivity index (χ0n) is 10.6. The van der Waals surface area contributed by atoms with Gasteiger partial charge in [-0.25, -0.2) is 9.37 Å². The fraction of sp³-hybridized carbons (Fsp3) is 0.615. The Morgan fingerprint density at radius 3 is 3.00 bits per heavy atom. The van der Waals surface area contributed by atoms with E-state index in [1.807, 2.05) is 7.05 Å². The molecule has 1 aliphatic rings. The molecule has 1 fully saturated rings. The zero-order valence-corrected chi connectivity index (χ0v) is 10.6. The molecule has 1 aromatic heterocycles. The summed E-state index contributed by atoms with van der Waals surface area (Å²) in [5, 5.41) is 2.98. The highest BCUT2D eigenvalue weighted by Gasteiger charge is 2.15. The van der Waals surface area contributed by atoms with E-state index in [2.05, 4.69) is 10.3 Å². The quantitative estimate of drug-likeness (QED) is 0.869. The largest absolute Gasteiger partial charge is 0.477 e. The normalized spacial score (nSPS) is 16.8. The summed E-state index contributed by atoms with van der Waals surface area (Å²) in [6.45, 7) is 2.77. The lowest BCUT2D eigenvalue weighted by atomic mass is 10.0. The molecule has 1 N–H and O–H groups in total. The van der Waals surface area contributed by atoms with E-state index in [1.165, 1.54) is 12.3 Å². The van der Waals surface area contributed by atoms with Crippen LogP contribution in [0.5, 0.6) is 5.88 Å². The number of nitrogens with one attached hydrogen (secondary N) is 1. The zero-order chi connectivity index (χ0) is 12.8. The van der Waals surface area contributed by atoms with Crippen molar-refractivity contribution in [3.05, 3.63) is 23.6 Å². The van der Waals surface area contributed by atoms with E-state index in [9.17, 15) is 4.39 Å². The minimum Gasteiger partial charge on any atom is -0.477 e. The van der Waals surface area contributed by atoms with Crippen LogP contribution in [0.25, 0.3) is 0 Å². The van der Waals surface area contributed by atoms with Crippen LogP contribution in [-0.4, -0.2) is 31.9 Å². The van der Waals surface area contributed by atoms with Gasteiger partial charge in [-0.3, -0.25) is 0 Å². The number of halogens is 1. The van der Waals surface area contributed by atoms with E-state index in [-0.39, 0.29) is 5.82 Å². The third-order valence-corrected chi connectivity index (χ3v) is 3.06. The average molecular weight is 254 g/mol. The lowest BCUT2D eigenvalue weighted by Crippen LogP contribution is -2.22. The Balaban J connectivity index is 1.94. The van der Waals surface area contributed by atoms with E-state index in [1.54, 1.807) is 0 Å². The van der Waals surface area contributed by atoms with Crippen molar-refractivity contribution in [2.75, 3.05) is 26.9 Å². The second-order valence-electron chi connectivity index (χ2n) is 4.51. The fourth-order valence-corrected chi connectivity index (χ4v) is 2.03. The molecule has 0 radical (unpaired) electrons. The van der Waals surface area contributed by atoms with Crippen LogP contribution < -0.4 is 10.1 Å². The summed E-state index contributed by atoms with van der Waals surface area (Å²) in [6, 6.07) is 1.46. The Labute approximate surface area is 107 Å². The number of hydrogen-bond donors (Lipinski definition) is 1. The molecule has 0 amide bonds. The molecule has 0 atom stereocenters.